The van der Waals surface area contributed by atoms with Crippen molar-refractivity contribution in [1.82, 2.24) is 5.32 Å². The van der Waals surface area contributed by atoms with Crippen molar-refractivity contribution < 1.29 is 5.11 Å². The number of aliphatic hydroxyl groups excluding tert-OH is 1. The molecule has 2 nitrogen and oxygen atoms in total. The summed E-state index contributed by atoms with van der Waals surface area (Å²) in [5, 5.41) is 13.0. The van der Waals surface area contributed by atoms with Crippen LogP contribution in [-0.2, 0) is 0 Å². The topological polar surface area (TPSA) is 32.3 Å². The molecule has 9 heavy (non-hydrogen) atoms. The fraction of sp³-hybridized carbons (Fsp3) is 1.00. The number of hydrogen-bond acceptors (Lipinski definition) is 3. The van der Waals surface area contributed by atoms with Gasteiger partial charge in [0.1, 0.15) is 0 Å². The van der Waals surface area contributed by atoms with E-state index in [1.807, 2.05) is 11.8 Å². The highest BCUT2D eigenvalue weighted by Crippen LogP contribution is 2.19. The summed E-state index contributed by atoms with van der Waals surface area (Å²) in [5.41, 5.74) is 0. The zero-order valence-corrected chi connectivity index (χ0v) is 6.45. The van der Waals surface area contributed by atoms with Gasteiger partial charge in [0.25, 0.3) is 0 Å². The number of aliphatic hydroxyl groups is 1. The quantitative estimate of drug-likeness (QED) is 0.592. The Morgan fingerprint density at radius 2 is 2.44 bits per heavy atom. The van der Waals surface area contributed by atoms with Crippen LogP contribution in [0.1, 0.15) is 6.92 Å². The Hall–Kier alpha value is 0.270. The van der Waals surface area contributed by atoms with Crippen molar-refractivity contribution in [1.29, 1.82) is 0 Å². The van der Waals surface area contributed by atoms with E-state index in [9.17, 15) is 0 Å². The molecule has 0 radical (unpaired) electrons. The van der Waals surface area contributed by atoms with Gasteiger partial charge in [0.2, 0.25) is 0 Å². The van der Waals surface area contributed by atoms with E-state index in [0.717, 1.165) is 18.3 Å². The molecule has 1 unspecified atom stereocenters. The second-order valence-electron chi connectivity index (χ2n) is 2.41. The van der Waals surface area contributed by atoms with Crippen molar-refractivity contribution in [2.24, 2.45) is 0 Å². The van der Waals surface area contributed by atoms with Crippen LogP contribution < -0.4 is 5.32 Å². The van der Waals surface area contributed by atoms with Crippen molar-refractivity contribution in [2.75, 3.05) is 19.7 Å². The highest BCUT2D eigenvalue weighted by molar-refractivity contribution is 8.00. The van der Waals surface area contributed by atoms with Crippen LogP contribution in [0.3, 0.4) is 0 Å². The lowest BCUT2D eigenvalue weighted by Gasteiger charge is -2.28. The lowest BCUT2D eigenvalue weighted by molar-refractivity contribution is 0.299. The zero-order valence-electron chi connectivity index (χ0n) is 5.63. The smallest absolute Gasteiger partial charge is 0.0547 e. The summed E-state index contributed by atoms with van der Waals surface area (Å²) in [7, 11) is 0. The highest BCUT2D eigenvalue weighted by atomic mass is 32.2. The van der Waals surface area contributed by atoms with Crippen LogP contribution in [0, 0.1) is 0 Å². The van der Waals surface area contributed by atoms with Crippen molar-refractivity contribution in [3.05, 3.63) is 0 Å². The van der Waals surface area contributed by atoms with Gasteiger partial charge in [-0.1, -0.05) is 6.92 Å². The molecule has 1 heterocycles. The van der Waals surface area contributed by atoms with Gasteiger partial charge in [-0.25, -0.2) is 0 Å². The molecular formula is C6H13NOS. The second-order valence-corrected chi connectivity index (χ2v) is 4.15. The Labute approximate surface area is 60.0 Å². The molecule has 3 heteroatoms. The predicted octanol–water partition coefficient (Wildman–Crippen LogP) is 0.0722. The van der Waals surface area contributed by atoms with Crippen LogP contribution in [0.25, 0.3) is 0 Å². The van der Waals surface area contributed by atoms with Gasteiger partial charge in [0.15, 0.2) is 0 Å². The summed E-state index contributed by atoms with van der Waals surface area (Å²) in [5.74, 6) is 0. The zero-order chi connectivity index (χ0) is 6.69. The van der Waals surface area contributed by atoms with Crippen LogP contribution in [0.4, 0.5) is 0 Å². The van der Waals surface area contributed by atoms with Gasteiger partial charge in [-0.2, -0.15) is 11.8 Å². The molecule has 0 aliphatic carbocycles. The van der Waals surface area contributed by atoms with E-state index in [0.29, 0.717) is 11.9 Å². The van der Waals surface area contributed by atoms with Gasteiger partial charge in [0.05, 0.1) is 6.61 Å². The maximum absolute atomic E-state index is 8.66. The minimum Gasteiger partial charge on any atom is -0.395 e. The van der Waals surface area contributed by atoms with Crippen LogP contribution in [0.2, 0.25) is 0 Å². The molecular weight excluding hydrogens is 134 g/mol. The Balaban J connectivity index is 2.01. The third-order valence-electron chi connectivity index (χ3n) is 1.43. The summed E-state index contributed by atoms with van der Waals surface area (Å²) >= 11 is 1.87. The van der Waals surface area contributed by atoms with E-state index in [2.05, 4.69) is 12.2 Å². The molecule has 0 spiro atoms. The normalized spacial score (nSPS) is 23.3. The van der Waals surface area contributed by atoms with Crippen LogP contribution in [0.5, 0.6) is 0 Å². The van der Waals surface area contributed by atoms with E-state index in [1.54, 1.807) is 0 Å². The number of thioether (sulfide) groups is 1. The van der Waals surface area contributed by atoms with Crippen molar-refractivity contribution in [3.63, 3.8) is 0 Å². The molecule has 0 aromatic heterocycles. The summed E-state index contributed by atoms with van der Waals surface area (Å²) in [6.45, 7) is 4.61. The maximum atomic E-state index is 8.66. The largest absolute Gasteiger partial charge is 0.395 e. The van der Waals surface area contributed by atoms with E-state index < -0.39 is 0 Å². The average Bonchev–Trinajstić information content (AvgIpc) is 1.78. The molecule has 0 aromatic rings. The molecule has 0 saturated carbocycles. The molecule has 0 amide bonds. The third kappa shape index (κ3) is 2.16. The van der Waals surface area contributed by atoms with Gasteiger partial charge in [-0.3, -0.25) is 0 Å². The summed E-state index contributed by atoms with van der Waals surface area (Å²) in [6, 6.07) is 0. The van der Waals surface area contributed by atoms with Gasteiger partial charge in [-0.15, -0.1) is 0 Å². The van der Waals surface area contributed by atoms with E-state index in [1.165, 1.54) is 0 Å². The van der Waals surface area contributed by atoms with E-state index in [-0.39, 0.29) is 0 Å². The monoisotopic (exact) mass is 147 g/mol. The minimum atomic E-state index is 0.307. The Morgan fingerprint density at radius 1 is 1.78 bits per heavy atom. The van der Waals surface area contributed by atoms with E-state index >= 15 is 0 Å². The SMILES string of the molecule is CC(CO)SC1CNC1. The highest BCUT2D eigenvalue weighted by Gasteiger charge is 2.18. The average molecular weight is 147 g/mol. The van der Waals surface area contributed by atoms with Gasteiger partial charge >= 0.3 is 0 Å². The van der Waals surface area contributed by atoms with Crippen molar-refractivity contribution >= 4 is 11.8 Å². The standard InChI is InChI=1S/C6H13NOS/c1-5(4-8)9-6-2-7-3-6/h5-8H,2-4H2,1H3. The molecule has 1 aliphatic heterocycles. The molecule has 1 rings (SSSR count). The van der Waals surface area contributed by atoms with Crippen molar-refractivity contribution in [3.8, 4) is 0 Å². The molecule has 54 valence electrons. The predicted molar refractivity (Wildman–Crippen MR) is 40.8 cm³/mol. The van der Waals surface area contributed by atoms with E-state index in [4.69, 9.17) is 5.11 Å². The lowest BCUT2D eigenvalue weighted by Crippen LogP contribution is -2.45. The van der Waals surface area contributed by atoms with Crippen LogP contribution in [0.15, 0.2) is 0 Å². The summed E-state index contributed by atoms with van der Waals surface area (Å²) in [4.78, 5) is 0. The first-order chi connectivity index (χ1) is 4.33. The number of rotatable bonds is 3. The van der Waals surface area contributed by atoms with Crippen LogP contribution in [-0.4, -0.2) is 35.3 Å². The first-order valence-corrected chi connectivity index (χ1v) is 4.24. The Morgan fingerprint density at radius 3 is 2.78 bits per heavy atom. The fourth-order valence-corrected chi connectivity index (χ4v) is 1.90. The fourth-order valence-electron chi connectivity index (χ4n) is 0.730. The third-order valence-corrected chi connectivity index (χ3v) is 2.76. The van der Waals surface area contributed by atoms with Gasteiger partial charge in [0, 0.05) is 23.6 Å². The lowest BCUT2D eigenvalue weighted by atomic mass is 10.3. The summed E-state index contributed by atoms with van der Waals surface area (Å²) in [6.07, 6.45) is 0. The first-order valence-electron chi connectivity index (χ1n) is 3.30. The molecule has 1 saturated heterocycles. The Kier molecular flexibility index (Phi) is 2.82. The molecule has 1 aliphatic rings. The van der Waals surface area contributed by atoms with Gasteiger partial charge < -0.3 is 10.4 Å². The molecule has 0 bridgehead atoms. The number of hydrogen-bond donors (Lipinski definition) is 2. The second kappa shape index (κ2) is 3.44. The van der Waals surface area contributed by atoms with Crippen molar-refractivity contribution in [2.45, 2.75) is 17.4 Å². The maximum Gasteiger partial charge on any atom is 0.0547 e. The van der Waals surface area contributed by atoms with Gasteiger partial charge in [-0.05, 0) is 0 Å². The minimum absolute atomic E-state index is 0.307. The molecule has 1 atom stereocenters. The number of nitrogens with one attached hydrogen (secondary N) is 1. The molecule has 2 N–H and O–H groups in total. The summed E-state index contributed by atoms with van der Waals surface area (Å²) < 4.78 is 0. The first kappa shape index (κ1) is 7.38. The van der Waals surface area contributed by atoms with Crippen LogP contribution >= 0.6 is 11.8 Å². The molecule has 0 aromatic carbocycles. The Bertz CT molecular complexity index is 82.4. The molecule has 1 fully saturated rings.